The van der Waals surface area contributed by atoms with Crippen LogP contribution >= 0.6 is 0 Å². The summed E-state index contributed by atoms with van der Waals surface area (Å²) in [5, 5.41) is 10.9. The highest BCUT2D eigenvalue weighted by atomic mass is 32.3. The van der Waals surface area contributed by atoms with Gasteiger partial charge in [-0.25, -0.2) is 24.2 Å². The second kappa shape index (κ2) is 17.8. The molecule has 0 aromatic rings. The average Bonchev–Trinajstić information content (AvgIpc) is 3.94. The number of carbonyl (C=O) groups excluding carboxylic acids is 8. The Bertz CT molecular complexity index is 1840. The second-order valence-corrected chi connectivity index (χ2v) is 18.3. The van der Waals surface area contributed by atoms with Crippen LogP contribution in [0.15, 0.2) is 0 Å². The molecule has 6 N–H and O–H groups in total. The van der Waals surface area contributed by atoms with Crippen LogP contribution in [-0.2, 0) is 43.3 Å². The fourth-order valence-corrected chi connectivity index (χ4v) is 7.97. The van der Waals surface area contributed by atoms with E-state index in [4.69, 9.17) is 14.0 Å². The molecule has 25 nitrogen and oxygen atoms in total. The summed E-state index contributed by atoms with van der Waals surface area (Å²) in [5.74, 6) is -3.03. The van der Waals surface area contributed by atoms with Gasteiger partial charge in [-0.2, -0.15) is 13.5 Å². The lowest BCUT2D eigenvalue weighted by Crippen LogP contribution is -2.55. The maximum absolute atomic E-state index is 12.5. The fourth-order valence-electron chi connectivity index (χ4n) is 7.58. The molecule has 0 aliphatic carbocycles. The van der Waals surface area contributed by atoms with E-state index in [1.54, 1.807) is 41.5 Å². The van der Waals surface area contributed by atoms with Crippen molar-refractivity contribution in [3.8, 4) is 0 Å². The number of amides is 10. The van der Waals surface area contributed by atoms with Crippen molar-refractivity contribution in [2.45, 2.75) is 115 Å². The number of hydrazine groups is 2. The molecule has 6 rings (SSSR count). The van der Waals surface area contributed by atoms with Gasteiger partial charge in [0.05, 0.1) is 23.9 Å². The van der Waals surface area contributed by atoms with Crippen LogP contribution in [0, 0.1) is 11.8 Å². The Labute approximate surface area is 346 Å². The maximum atomic E-state index is 12.5. The molecule has 60 heavy (non-hydrogen) atoms. The van der Waals surface area contributed by atoms with Crippen molar-refractivity contribution in [2.75, 3.05) is 39.3 Å². The van der Waals surface area contributed by atoms with Crippen molar-refractivity contribution in [3.05, 3.63) is 0 Å². The molecule has 10 amide bonds. The molecule has 6 aliphatic rings. The van der Waals surface area contributed by atoms with E-state index in [0.29, 0.717) is 48.9 Å². The molecule has 0 spiro atoms. The molecule has 0 aromatic carbocycles. The molecule has 0 saturated carbocycles. The van der Waals surface area contributed by atoms with Crippen LogP contribution in [0.4, 0.5) is 19.2 Å². The van der Waals surface area contributed by atoms with Gasteiger partial charge < -0.3 is 29.1 Å². The number of hydrogen-bond acceptors (Lipinski definition) is 14. The number of piperidine rings is 2. The molecular weight excluding hydrogens is 820 g/mol. The number of ether oxygens (including phenoxy) is 2. The summed E-state index contributed by atoms with van der Waals surface area (Å²) in [6, 6.07) is -4.07. The van der Waals surface area contributed by atoms with E-state index >= 15 is 0 Å². The molecule has 6 aliphatic heterocycles. The number of nitrogens with one attached hydrogen (secondary N) is 4. The lowest BCUT2D eigenvalue weighted by molar-refractivity contribution is -0.133. The highest BCUT2D eigenvalue weighted by Crippen LogP contribution is 2.31. The van der Waals surface area contributed by atoms with Crippen molar-refractivity contribution < 1.29 is 70.3 Å². The summed E-state index contributed by atoms with van der Waals surface area (Å²) < 4.78 is 45.6. The lowest BCUT2D eigenvalue weighted by Gasteiger charge is -2.29. The van der Waals surface area contributed by atoms with Crippen LogP contribution < -0.4 is 21.7 Å². The average molecular weight is 875 g/mol. The van der Waals surface area contributed by atoms with Crippen LogP contribution in [0.25, 0.3) is 0 Å². The van der Waals surface area contributed by atoms with E-state index in [2.05, 4.69) is 26.0 Å². The first-order chi connectivity index (χ1) is 27.8. The highest BCUT2D eigenvalue weighted by Gasteiger charge is 2.50. The van der Waals surface area contributed by atoms with E-state index in [0.717, 1.165) is 4.90 Å². The van der Waals surface area contributed by atoms with E-state index in [1.165, 1.54) is 14.7 Å². The first kappa shape index (κ1) is 45.9. The number of hydrogen-bond donors (Lipinski definition) is 6. The third-order valence-corrected chi connectivity index (χ3v) is 10.8. The van der Waals surface area contributed by atoms with Gasteiger partial charge in [0, 0.05) is 39.3 Å². The minimum atomic E-state index is -4.88. The number of urea groups is 2. The van der Waals surface area contributed by atoms with Crippen LogP contribution in [0.2, 0.25) is 0 Å². The minimum Gasteiger partial charge on any atom is -0.444 e. The second-order valence-electron chi connectivity index (χ2n) is 17.3. The van der Waals surface area contributed by atoms with Crippen molar-refractivity contribution in [2.24, 2.45) is 11.8 Å². The molecule has 336 valence electrons. The van der Waals surface area contributed by atoms with Gasteiger partial charge in [-0.15, -0.1) is 4.28 Å². The molecule has 6 atom stereocenters. The minimum absolute atomic E-state index is 0.0356. The fraction of sp³-hybridized carbons (Fsp3) is 0.765. The van der Waals surface area contributed by atoms with Gasteiger partial charge in [-0.05, 0) is 80.1 Å². The van der Waals surface area contributed by atoms with E-state index in [1.807, 2.05) is 0 Å². The van der Waals surface area contributed by atoms with Crippen LogP contribution in [0.3, 0.4) is 0 Å². The number of carbonyl (C=O) groups is 8. The predicted octanol–water partition coefficient (Wildman–Crippen LogP) is -0.558. The largest absolute Gasteiger partial charge is 0.444 e. The topological polar surface area (TPSA) is 306 Å². The van der Waals surface area contributed by atoms with Gasteiger partial charge in [0.1, 0.15) is 23.3 Å². The van der Waals surface area contributed by atoms with Crippen molar-refractivity contribution >= 4 is 58.3 Å². The van der Waals surface area contributed by atoms with Gasteiger partial charge in [0.2, 0.25) is 11.8 Å². The van der Waals surface area contributed by atoms with Crippen molar-refractivity contribution in [1.29, 1.82) is 0 Å². The third kappa shape index (κ3) is 11.3. The molecular formula is C34H54N10O15S. The Kier molecular flexibility index (Phi) is 13.6. The van der Waals surface area contributed by atoms with Crippen LogP contribution in [0.5, 0.6) is 0 Å². The summed E-state index contributed by atoms with van der Waals surface area (Å²) >= 11 is 0. The molecule has 0 aromatic heterocycles. The Morgan fingerprint density at radius 1 is 0.600 bits per heavy atom. The number of rotatable bonds is 6. The number of likely N-dealkylation sites (tertiary alicyclic amines) is 2. The first-order valence-corrected chi connectivity index (χ1v) is 20.9. The summed E-state index contributed by atoms with van der Waals surface area (Å²) in [5.41, 5.74) is 8.08. The molecule has 0 radical (unpaired) electrons. The first-order valence-electron chi connectivity index (χ1n) is 19.5. The standard InChI is InChI=1S/C17H27N5O9S.C17H27N5O6/c1-17(2,3)30-16(26)20-7-6-10(8-20)13(23)18-19-14(24)12-5-4-11-9-21(12)15(25)22(11)31-32(27,28)29;1-17(2,3)28-16(26)20-7-6-10(8-20)13(23)18-19-14(24)12-5-4-11-9-21(12)15(25)22(11)27/h10-12H,4-9H2,1-3H3,(H,18,23)(H,19,24)(H,27,28,29);10-12,27H,4-9H2,1-3H3,(H,18,23)(H,19,24)/t2*10?,11-,12+/m11/s1. The SMILES string of the molecule is CC(C)(C)OC(=O)N1CCC(C(=O)NNC(=O)[C@@H]2CC[C@@H]3CN2C(=O)N3O)C1.CC(C)(C)OC(=O)N1CCC(C(=O)NNC(=O)[C@@H]2CC[C@@H]3CN2C(=O)N3OS(=O)(=O)O)C1. The summed E-state index contributed by atoms with van der Waals surface area (Å²) in [4.78, 5) is 103. The van der Waals surface area contributed by atoms with Gasteiger partial charge in [0.15, 0.2) is 0 Å². The van der Waals surface area contributed by atoms with Crippen LogP contribution in [0.1, 0.15) is 80.1 Å². The molecule has 26 heteroatoms. The number of hydroxylamine groups is 4. The normalized spacial score (nSPS) is 26.3. The summed E-state index contributed by atoms with van der Waals surface area (Å²) in [6.07, 6.45) is 1.27. The lowest BCUT2D eigenvalue weighted by atomic mass is 10.0. The zero-order chi connectivity index (χ0) is 44.5. The Morgan fingerprint density at radius 2 is 1.00 bits per heavy atom. The van der Waals surface area contributed by atoms with Gasteiger partial charge >= 0.3 is 34.6 Å². The summed E-state index contributed by atoms with van der Waals surface area (Å²) in [7, 11) is -4.88. The van der Waals surface area contributed by atoms with E-state index in [-0.39, 0.29) is 45.1 Å². The smallest absolute Gasteiger partial charge is 0.418 e. The van der Waals surface area contributed by atoms with Crippen molar-refractivity contribution in [3.63, 3.8) is 0 Å². The number of nitrogens with zero attached hydrogens (tertiary/aromatic N) is 6. The zero-order valence-corrected chi connectivity index (χ0v) is 35.1. The monoisotopic (exact) mass is 874 g/mol. The van der Waals surface area contributed by atoms with Crippen molar-refractivity contribution in [1.82, 2.24) is 51.4 Å². The molecule has 4 bridgehead atoms. The maximum Gasteiger partial charge on any atom is 0.418 e. The quantitative estimate of drug-likeness (QED) is 0.111. The van der Waals surface area contributed by atoms with Crippen LogP contribution in [-0.4, -0.2) is 170 Å². The Hall–Kier alpha value is -5.21. The highest BCUT2D eigenvalue weighted by molar-refractivity contribution is 7.80. The predicted molar refractivity (Wildman–Crippen MR) is 200 cm³/mol. The Morgan fingerprint density at radius 3 is 1.43 bits per heavy atom. The Balaban J connectivity index is 0.000000230. The van der Waals surface area contributed by atoms with Gasteiger partial charge in [-0.3, -0.25) is 50.6 Å². The van der Waals surface area contributed by atoms with E-state index in [9.17, 15) is 52.0 Å². The molecule has 6 heterocycles. The zero-order valence-electron chi connectivity index (χ0n) is 34.2. The van der Waals surface area contributed by atoms with Gasteiger partial charge in [0.25, 0.3) is 11.8 Å². The molecule has 2 unspecified atom stereocenters. The van der Waals surface area contributed by atoms with E-state index < -0.39 is 99.4 Å². The molecule has 6 saturated heterocycles. The molecule has 6 fully saturated rings. The summed E-state index contributed by atoms with van der Waals surface area (Å²) in [6.45, 7) is 12.0. The van der Waals surface area contributed by atoms with Gasteiger partial charge in [-0.1, -0.05) is 0 Å². The third-order valence-electron chi connectivity index (χ3n) is 10.5. The number of fused-ring (bicyclic) bond motifs is 4.